The lowest BCUT2D eigenvalue weighted by Gasteiger charge is -2.16. The SMILES string of the molecule is Cl.NC[C@@H]1CN(C(=O)c2cc(Br)cs2)C[C@H]1c1ccccc1. The van der Waals surface area contributed by atoms with Gasteiger partial charge in [0, 0.05) is 28.9 Å². The molecule has 2 atom stereocenters. The smallest absolute Gasteiger partial charge is 0.263 e. The van der Waals surface area contributed by atoms with Crippen LogP contribution >= 0.6 is 39.7 Å². The van der Waals surface area contributed by atoms with Crippen LogP contribution in [0.1, 0.15) is 21.2 Å². The number of nitrogens with zero attached hydrogens (tertiary/aromatic N) is 1. The van der Waals surface area contributed by atoms with Gasteiger partial charge in [-0.05, 0) is 40.0 Å². The Morgan fingerprint density at radius 1 is 1.32 bits per heavy atom. The lowest BCUT2D eigenvalue weighted by Crippen LogP contribution is -2.29. The lowest BCUT2D eigenvalue weighted by molar-refractivity contribution is 0.0791. The van der Waals surface area contributed by atoms with Crippen LogP contribution in [0.15, 0.2) is 46.3 Å². The summed E-state index contributed by atoms with van der Waals surface area (Å²) in [6.07, 6.45) is 0. The molecule has 1 aromatic heterocycles. The number of hydrogen-bond acceptors (Lipinski definition) is 3. The summed E-state index contributed by atoms with van der Waals surface area (Å²) >= 11 is 4.88. The van der Waals surface area contributed by atoms with Crippen LogP contribution in [-0.4, -0.2) is 30.4 Å². The van der Waals surface area contributed by atoms with Crippen molar-refractivity contribution in [2.45, 2.75) is 5.92 Å². The van der Waals surface area contributed by atoms with E-state index in [4.69, 9.17) is 5.73 Å². The number of rotatable bonds is 3. The predicted octanol–water partition coefficient (Wildman–Crippen LogP) is 3.75. The van der Waals surface area contributed by atoms with Crippen LogP contribution < -0.4 is 5.73 Å². The van der Waals surface area contributed by atoms with Crippen molar-refractivity contribution in [1.82, 2.24) is 4.90 Å². The minimum Gasteiger partial charge on any atom is -0.337 e. The average Bonchev–Trinajstić information content (AvgIpc) is 3.13. The molecule has 0 radical (unpaired) electrons. The molecule has 2 aromatic rings. The summed E-state index contributed by atoms with van der Waals surface area (Å²) in [5, 5.41) is 1.94. The van der Waals surface area contributed by atoms with Crippen molar-refractivity contribution in [3.63, 3.8) is 0 Å². The van der Waals surface area contributed by atoms with Gasteiger partial charge in [-0.2, -0.15) is 0 Å². The second-order valence-corrected chi connectivity index (χ2v) is 7.18. The van der Waals surface area contributed by atoms with E-state index in [9.17, 15) is 4.79 Å². The molecule has 3 rings (SSSR count). The van der Waals surface area contributed by atoms with E-state index in [1.54, 1.807) is 0 Å². The molecule has 22 heavy (non-hydrogen) atoms. The van der Waals surface area contributed by atoms with E-state index < -0.39 is 0 Å². The lowest BCUT2D eigenvalue weighted by atomic mass is 9.89. The van der Waals surface area contributed by atoms with Crippen molar-refractivity contribution >= 4 is 45.6 Å². The molecule has 1 amide bonds. The van der Waals surface area contributed by atoms with Crippen LogP contribution in [0.25, 0.3) is 0 Å². The third kappa shape index (κ3) is 3.54. The Morgan fingerprint density at radius 3 is 2.64 bits per heavy atom. The zero-order chi connectivity index (χ0) is 14.8. The van der Waals surface area contributed by atoms with Crippen molar-refractivity contribution < 1.29 is 4.79 Å². The Bertz CT molecular complexity index is 634. The van der Waals surface area contributed by atoms with Gasteiger partial charge in [0.05, 0.1) is 4.88 Å². The van der Waals surface area contributed by atoms with E-state index in [0.29, 0.717) is 18.4 Å². The maximum atomic E-state index is 12.6. The van der Waals surface area contributed by atoms with Crippen LogP contribution in [0.3, 0.4) is 0 Å². The molecule has 3 nitrogen and oxygen atoms in total. The minimum absolute atomic E-state index is 0. The molecule has 6 heteroatoms. The third-order valence-electron chi connectivity index (χ3n) is 4.04. The number of benzene rings is 1. The van der Waals surface area contributed by atoms with E-state index >= 15 is 0 Å². The number of thiophene rings is 1. The zero-order valence-electron chi connectivity index (χ0n) is 11.9. The molecule has 2 heterocycles. The van der Waals surface area contributed by atoms with Gasteiger partial charge in [0.15, 0.2) is 0 Å². The first kappa shape index (κ1) is 17.5. The summed E-state index contributed by atoms with van der Waals surface area (Å²) in [5.41, 5.74) is 7.20. The van der Waals surface area contributed by atoms with E-state index in [2.05, 4.69) is 28.1 Å². The number of amides is 1. The molecule has 0 saturated carbocycles. The molecule has 1 aromatic carbocycles. The van der Waals surface area contributed by atoms with Gasteiger partial charge in [0.1, 0.15) is 0 Å². The molecule has 1 aliphatic rings. The van der Waals surface area contributed by atoms with Crippen molar-refractivity contribution in [3.05, 3.63) is 56.7 Å². The van der Waals surface area contributed by atoms with Gasteiger partial charge in [-0.25, -0.2) is 0 Å². The van der Waals surface area contributed by atoms with E-state index in [-0.39, 0.29) is 18.3 Å². The highest BCUT2D eigenvalue weighted by atomic mass is 79.9. The summed E-state index contributed by atoms with van der Waals surface area (Å²) in [5.74, 6) is 0.783. The molecular weight excluding hydrogens is 384 g/mol. The quantitative estimate of drug-likeness (QED) is 0.851. The number of halogens is 2. The topological polar surface area (TPSA) is 46.3 Å². The fourth-order valence-electron chi connectivity index (χ4n) is 2.93. The Kier molecular flexibility index (Phi) is 6.03. The van der Waals surface area contributed by atoms with Crippen LogP contribution in [0, 0.1) is 5.92 Å². The highest BCUT2D eigenvalue weighted by Gasteiger charge is 2.35. The Labute approximate surface area is 149 Å². The standard InChI is InChI=1S/C16H17BrN2OS.ClH/c17-13-6-15(21-10-13)16(20)19-8-12(7-18)14(9-19)11-4-2-1-3-5-11;/h1-6,10,12,14H,7-9,18H2;1H/t12-,14+;/m1./s1. The summed E-state index contributed by atoms with van der Waals surface area (Å²) in [6.45, 7) is 2.10. The summed E-state index contributed by atoms with van der Waals surface area (Å²) < 4.78 is 0.963. The Hall–Kier alpha value is -0.880. The number of likely N-dealkylation sites (tertiary alicyclic amines) is 1. The molecule has 1 fully saturated rings. The maximum absolute atomic E-state index is 12.6. The van der Waals surface area contributed by atoms with E-state index in [1.807, 2.05) is 34.5 Å². The molecule has 0 spiro atoms. The largest absolute Gasteiger partial charge is 0.337 e. The highest BCUT2D eigenvalue weighted by molar-refractivity contribution is 9.10. The second-order valence-electron chi connectivity index (χ2n) is 5.35. The maximum Gasteiger partial charge on any atom is 0.263 e. The zero-order valence-corrected chi connectivity index (χ0v) is 15.2. The molecule has 118 valence electrons. The number of carbonyl (C=O) groups is 1. The second kappa shape index (κ2) is 7.59. The van der Waals surface area contributed by atoms with Crippen LogP contribution in [0.5, 0.6) is 0 Å². The van der Waals surface area contributed by atoms with E-state index in [0.717, 1.165) is 22.4 Å². The molecule has 1 aliphatic heterocycles. The first-order valence-electron chi connectivity index (χ1n) is 6.97. The van der Waals surface area contributed by atoms with Gasteiger partial charge < -0.3 is 10.6 Å². The number of carbonyl (C=O) groups excluding carboxylic acids is 1. The van der Waals surface area contributed by atoms with E-state index in [1.165, 1.54) is 16.9 Å². The average molecular weight is 402 g/mol. The number of hydrogen-bond donors (Lipinski definition) is 1. The molecular formula is C16H18BrClN2OS. The summed E-state index contributed by atoms with van der Waals surface area (Å²) in [4.78, 5) is 15.3. The van der Waals surface area contributed by atoms with Crippen molar-refractivity contribution in [3.8, 4) is 0 Å². The van der Waals surface area contributed by atoms with Crippen LogP contribution in [0.2, 0.25) is 0 Å². The van der Waals surface area contributed by atoms with Crippen LogP contribution in [0.4, 0.5) is 0 Å². The van der Waals surface area contributed by atoms with Gasteiger partial charge in [-0.3, -0.25) is 4.79 Å². The third-order valence-corrected chi connectivity index (χ3v) is 5.72. The summed E-state index contributed by atoms with van der Waals surface area (Å²) in [6, 6.07) is 12.3. The Morgan fingerprint density at radius 2 is 2.05 bits per heavy atom. The highest BCUT2D eigenvalue weighted by Crippen LogP contribution is 2.33. The Balaban J connectivity index is 0.00000176. The molecule has 1 saturated heterocycles. The van der Waals surface area contributed by atoms with Crippen molar-refractivity contribution in [2.75, 3.05) is 19.6 Å². The van der Waals surface area contributed by atoms with Gasteiger partial charge in [0.25, 0.3) is 5.91 Å². The van der Waals surface area contributed by atoms with Gasteiger partial charge >= 0.3 is 0 Å². The molecule has 0 aliphatic carbocycles. The fourth-order valence-corrected chi connectivity index (χ4v) is 4.33. The predicted molar refractivity (Wildman–Crippen MR) is 96.9 cm³/mol. The minimum atomic E-state index is 0. The normalized spacial score (nSPS) is 20.7. The van der Waals surface area contributed by atoms with Crippen molar-refractivity contribution in [2.24, 2.45) is 11.7 Å². The van der Waals surface area contributed by atoms with Gasteiger partial charge in [0.2, 0.25) is 0 Å². The first-order valence-corrected chi connectivity index (χ1v) is 8.64. The fraction of sp³-hybridized carbons (Fsp3) is 0.312. The number of nitrogens with two attached hydrogens (primary N) is 1. The molecule has 0 bridgehead atoms. The molecule has 2 N–H and O–H groups in total. The monoisotopic (exact) mass is 400 g/mol. The van der Waals surface area contributed by atoms with Gasteiger partial charge in [-0.15, -0.1) is 23.7 Å². The summed E-state index contributed by atoms with van der Waals surface area (Å²) in [7, 11) is 0. The van der Waals surface area contributed by atoms with Crippen LogP contribution in [-0.2, 0) is 0 Å². The van der Waals surface area contributed by atoms with Gasteiger partial charge in [-0.1, -0.05) is 30.3 Å². The van der Waals surface area contributed by atoms with Crippen molar-refractivity contribution in [1.29, 1.82) is 0 Å². The first-order chi connectivity index (χ1) is 10.2. The molecule has 0 unspecified atom stereocenters.